The topological polar surface area (TPSA) is 44.8 Å². The van der Waals surface area contributed by atoms with Crippen LogP contribution in [0, 0.1) is 0 Å². The van der Waals surface area contributed by atoms with Crippen LogP contribution in [-0.2, 0) is 0 Å². The van der Waals surface area contributed by atoms with E-state index in [9.17, 15) is 0 Å². The molecule has 2 aromatic heterocycles. The van der Waals surface area contributed by atoms with Crippen LogP contribution in [0.3, 0.4) is 0 Å². The number of anilines is 2. The molecule has 3 rings (SSSR count). The zero-order valence-electron chi connectivity index (χ0n) is 9.22. The molecule has 1 N–H and O–H groups in total. The third kappa shape index (κ3) is 1.56. The maximum atomic E-state index is 4.34. The Balaban J connectivity index is 1.94. The quantitative estimate of drug-likeness (QED) is 0.853. The summed E-state index contributed by atoms with van der Waals surface area (Å²) >= 11 is 0. The van der Waals surface area contributed by atoms with Gasteiger partial charge < -0.3 is 4.90 Å². The summed E-state index contributed by atoms with van der Waals surface area (Å²) in [6, 6.07) is 5.92. The third-order valence-electron chi connectivity index (χ3n) is 2.99. The highest BCUT2D eigenvalue weighted by molar-refractivity contribution is 5.61. The number of hydrogen-bond acceptors (Lipinski definition) is 3. The zero-order valence-corrected chi connectivity index (χ0v) is 9.22. The summed E-state index contributed by atoms with van der Waals surface area (Å²) in [4.78, 5) is 6.42. The van der Waals surface area contributed by atoms with Gasteiger partial charge in [0.05, 0.1) is 17.6 Å². The molecule has 4 heteroatoms. The van der Waals surface area contributed by atoms with Crippen molar-refractivity contribution in [2.45, 2.75) is 18.8 Å². The first-order valence-corrected chi connectivity index (χ1v) is 5.54. The Morgan fingerprint density at radius 2 is 2.25 bits per heavy atom. The molecule has 2 heterocycles. The van der Waals surface area contributed by atoms with Gasteiger partial charge in [0.15, 0.2) is 0 Å². The van der Waals surface area contributed by atoms with Gasteiger partial charge >= 0.3 is 0 Å². The Morgan fingerprint density at radius 3 is 2.94 bits per heavy atom. The lowest BCUT2D eigenvalue weighted by Crippen LogP contribution is -2.11. The van der Waals surface area contributed by atoms with Crippen LogP contribution in [0.25, 0.3) is 0 Å². The van der Waals surface area contributed by atoms with E-state index < -0.39 is 0 Å². The molecule has 1 fully saturated rings. The average molecular weight is 214 g/mol. The molecule has 1 aliphatic rings. The first-order valence-electron chi connectivity index (χ1n) is 5.54. The molecule has 0 saturated heterocycles. The summed E-state index contributed by atoms with van der Waals surface area (Å²) in [6.45, 7) is 0. The van der Waals surface area contributed by atoms with Crippen molar-refractivity contribution in [1.29, 1.82) is 0 Å². The van der Waals surface area contributed by atoms with Gasteiger partial charge in [-0.05, 0) is 25.0 Å². The molecular weight excluding hydrogens is 200 g/mol. The van der Waals surface area contributed by atoms with E-state index >= 15 is 0 Å². The second kappa shape index (κ2) is 3.63. The summed E-state index contributed by atoms with van der Waals surface area (Å²) in [5, 5.41) is 7.23. The Labute approximate surface area is 94.3 Å². The van der Waals surface area contributed by atoms with Crippen LogP contribution >= 0.6 is 0 Å². The minimum absolute atomic E-state index is 0.670. The van der Waals surface area contributed by atoms with Gasteiger partial charge in [-0.1, -0.05) is 6.07 Å². The van der Waals surface area contributed by atoms with Crippen molar-refractivity contribution < 1.29 is 0 Å². The molecule has 2 aromatic rings. The van der Waals surface area contributed by atoms with Crippen molar-refractivity contribution >= 4 is 11.5 Å². The number of aromatic nitrogens is 3. The minimum Gasteiger partial charge on any atom is -0.327 e. The molecule has 0 atom stereocenters. The van der Waals surface area contributed by atoms with Crippen molar-refractivity contribution in [3.63, 3.8) is 0 Å². The van der Waals surface area contributed by atoms with E-state index in [1.54, 1.807) is 0 Å². The molecule has 0 unspecified atom stereocenters. The number of nitrogens with zero attached hydrogens (tertiary/aromatic N) is 3. The van der Waals surface area contributed by atoms with Crippen LogP contribution in [0.1, 0.15) is 24.5 Å². The van der Waals surface area contributed by atoms with E-state index in [0.717, 1.165) is 11.5 Å². The fraction of sp³-hybridized carbons (Fsp3) is 0.333. The average Bonchev–Trinajstić information content (AvgIpc) is 3.07. The molecule has 0 spiro atoms. The molecule has 0 amide bonds. The van der Waals surface area contributed by atoms with Gasteiger partial charge in [0.25, 0.3) is 0 Å². The molecule has 82 valence electrons. The predicted octanol–water partition coefficient (Wildman–Crippen LogP) is 2.45. The number of pyridine rings is 1. The Hall–Kier alpha value is -1.84. The van der Waals surface area contributed by atoms with Gasteiger partial charge in [0.2, 0.25) is 0 Å². The van der Waals surface area contributed by atoms with Crippen molar-refractivity contribution in [3.8, 4) is 0 Å². The van der Waals surface area contributed by atoms with Crippen LogP contribution < -0.4 is 4.90 Å². The first kappa shape index (κ1) is 9.39. The normalized spacial score (nSPS) is 15.1. The molecule has 0 bridgehead atoms. The molecule has 0 radical (unpaired) electrons. The van der Waals surface area contributed by atoms with Crippen LogP contribution in [0.4, 0.5) is 11.5 Å². The second-order valence-corrected chi connectivity index (χ2v) is 4.19. The largest absolute Gasteiger partial charge is 0.327 e. The third-order valence-corrected chi connectivity index (χ3v) is 2.99. The number of H-pyrrole nitrogens is 1. The van der Waals surface area contributed by atoms with E-state index in [1.807, 2.05) is 37.6 Å². The van der Waals surface area contributed by atoms with Crippen molar-refractivity contribution in [1.82, 2.24) is 15.2 Å². The summed E-state index contributed by atoms with van der Waals surface area (Å²) in [7, 11) is 2.03. The van der Waals surface area contributed by atoms with Gasteiger partial charge in [0.1, 0.15) is 5.82 Å². The summed E-state index contributed by atoms with van der Waals surface area (Å²) in [6.07, 6.45) is 6.22. The molecule has 0 aliphatic heterocycles. The monoisotopic (exact) mass is 214 g/mol. The highest BCUT2D eigenvalue weighted by atomic mass is 15.2. The highest BCUT2D eigenvalue weighted by Crippen LogP contribution is 2.43. The Bertz CT molecular complexity index is 473. The van der Waals surface area contributed by atoms with Crippen molar-refractivity contribution in [2.75, 3.05) is 11.9 Å². The minimum atomic E-state index is 0.670. The number of rotatable bonds is 3. The lowest BCUT2D eigenvalue weighted by Gasteiger charge is -2.17. The number of hydrogen-bond donors (Lipinski definition) is 1. The summed E-state index contributed by atoms with van der Waals surface area (Å²) in [5.41, 5.74) is 2.38. The summed E-state index contributed by atoms with van der Waals surface area (Å²) < 4.78 is 0. The van der Waals surface area contributed by atoms with Crippen LogP contribution in [0.5, 0.6) is 0 Å². The van der Waals surface area contributed by atoms with Crippen LogP contribution in [-0.4, -0.2) is 22.2 Å². The summed E-state index contributed by atoms with van der Waals surface area (Å²) in [5.74, 6) is 1.62. The fourth-order valence-electron chi connectivity index (χ4n) is 1.91. The molecule has 4 nitrogen and oxygen atoms in total. The van der Waals surface area contributed by atoms with Crippen LogP contribution in [0.2, 0.25) is 0 Å². The Kier molecular flexibility index (Phi) is 2.13. The predicted molar refractivity (Wildman–Crippen MR) is 62.9 cm³/mol. The number of nitrogens with one attached hydrogen (secondary N) is 1. The molecule has 16 heavy (non-hydrogen) atoms. The maximum Gasteiger partial charge on any atom is 0.132 e. The van der Waals surface area contributed by atoms with E-state index in [2.05, 4.69) is 20.1 Å². The Morgan fingerprint density at radius 1 is 1.38 bits per heavy atom. The van der Waals surface area contributed by atoms with Crippen LogP contribution in [0.15, 0.2) is 30.6 Å². The molecule has 1 aliphatic carbocycles. The fourth-order valence-corrected chi connectivity index (χ4v) is 1.91. The maximum absolute atomic E-state index is 4.34. The van der Waals surface area contributed by atoms with E-state index in [-0.39, 0.29) is 0 Å². The van der Waals surface area contributed by atoms with Gasteiger partial charge in [0, 0.05) is 19.2 Å². The van der Waals surface area contributed by atoms with E-state index in [1.165, 1.54) is 18.5 Å². The van der Waals surface area contributed by atoms with E-state index in [4.69, 9.17) is 0 Å². The second-order valence-electron chi connectivity index (χ2n) is 4.19. The lowest BCUT2D eigenvalue weighted by molar-refractivity contribution is 0.959. The van der Waals surface area contributed by atoms with Crippen molar-refractivity contribution in [3.05, 3.63) is 36.3 Å². The van der Waals surface area contributed by atoms with Gasteiger partial charge in [-0.25, -0.2) is 4.98 Å². The smallest absolute Gasteiger partial charge is 0.132 e. The van der Waals surface area contributed by atoms with Gasteiger partial charge in [-0.3, -0.25) is 5.10 Å². The number of aromatic amines is 1. The molecule has 1 saturated carbocycles. The van der Waals surface area contributed by atoms with Gasteiger partial charge in [-0.2, -0.15) is 5.10 Å². The SMILES string of the molecule is CN(c1ccccn1)c1cn[nH]c1C1CC1. The first-order chi connectivity index (χ1) is 7.86. The lowest BCUT2D eigenvalue weighted by atomic mass is 10.2. The molecule has 0 aromatic carbocycles. The standard InChI is InChI=1S/C12H14N4/c1-16(11-4-2-3-7-13-11)10-8-14-15-12(10)9-5-6-9/h2-4,7-9H,5-6H2,1H3,(H,14,15). The highest BCUT2D eigenvalue weighted by Gasteiger charge is 2.29. The van der Waals surface area contributed by atoms with E-state index in [0.29, 0.717) is 5.92 Å². The zero-order chi connectivity index (χ0) is 11.0. The van der Waals surface area contributed by atoms with Gasteiger partial charge in [-0.15, -0.1) is 0 Å². The molecular formula is C12H14N4. The van der Waals surface area contributed by atoms with Crippen molar-refractivity contribution in [2.24, 2.45) is 0 Å².